The van der Waals surface area contributed by atoms with Crippen molar-refractivity contribution in [1.29, 1.82) is 0 Å². The fraction of sp³-hybridized carbons (Fsp3) is 0.600. The lowest BCUT2D eigenvalue weighted by Crippen LogP contribution is -2.47. The van der Waals surface area contributed by atoms with E-state index >= 15 is 0 Å². The molecule has 1 N–H and O–H groups in total. The summed E-state index contributed by atoms with van der Waals surface area (Å²) in [6.45, 7) is 7.49. The molecular weight excluding hydrogens is 282 g/mol. The van der Waals surface area contributed by atoms with Crippen LogP contribution in [-0.4, -0.2) is 31.1 Å². The van der Waals surface area contributed by atoms with E-state index in [1.54, 1.807) is 0 Å². The van der Waals surface area contributed by atoms with Crippen LogP contribution in [0.2, 0.25) is 5.02 Å². The Labute approximate surface area is 124 Å². The van der Waals surface area contributed by atoms with Crippen molar-refractivity contribution < 1.29 is 8.78 Å². The zero-order chi connectivity index (χ0) is 14.7. The van der Waals surface area contributed by atoms with Crippen LogP contribution in [0.25, 0.3) is 0 Å². The van der Waals surface area contributed by atoms with Gasteiger partial charge in [-0.1, -0.05) is 31.9 Å². The molecule has 112 valence electrons. The third kappa shape index (κ3) is 3.13. The molecule has 0 bridgehead atoms. The number of halogens is 3. The van der Waals surface area contributed by atoms with Gasteiger partial charge >= 0.3 is 0 Å². The second-order valence-corrected chi connectivity index (χ2v) is 5.75. The maximum atomic E-state index is 14.2. The molecule has 1 aromatic carbocycles. The van der Waals surface area contributed by atoms with Crippen molar-refractivity contribution in [2.24, 2.45) is 5.92 Å². The smallest absolute Gasteiger partial charge is 0.142 e. The maximum absolute atomic E-state index is 14.2. The fourth-order valence-corrected chi connectivity index (χ4v) is 3.09. The Morgan fingerprint density at radius 2 is 1.85 bits per heavy atom. The normalized spacial score (nSPS) is 19.9. The highest BCUT2D eigenvalue weighted by Crippen LogP contribution is 2.37. The highest BCUT2D eigenvalue weighted by molar-refractivity contribution is 6.31. The molecule has 1 aliphatic heterocycles. The Balaban J connectivity index is 2.43. The first kappa shape index (κ1) is 15.7. The molecule has 0 aromatic heterocycles. The quantitative estimate of drug-likeness (QED) is 0.855. The van der Waals surface area contributed by atoms with Crippen LogP contribution in [0, 0.1) is 17.6 Å². The summed E-state index contributed by atoms with van der Waals surface area (Å²) in [5.41, 5.74) is 0.308. The first-order valence-corrected chi connectivity index (χ1v) is 7.52. The predicted molar refractivity (Wildman–Crippen MR) is 78.0 cm³/mol. The second-order valence-electron chi connectivity index (χ2n) is 5.37. The van der Waals surface area contributed by atoms with Gasteiger partial charge in [-0.2, -0.15) is 0 Å². The summed E-state index contributed by atoms with van der Waals surface area (Å²) in [7, 11) is 0. The van der Waals surface area contributed by atoms with E-state index in [1.165, 1.54) is 6.07 Å². The van der Waals surface area contributed by atoms with E-state index in [9.17, 15) is 8.78 Å². The minimum absolute atomic E-state index is 0.0752. The SMILES string of the molecule is CCC(C)[C@H](c1c(F)ccc(F)c1Cl)N1CCNCC1. The topological polar surface area (TPSA) is 15.3 Å². The van der Waals surface area contributed by atoms with Crippen molar-refractivity contribution in [3.05, 3.63) is 34.4 Å². The average Bonchev–Trinajstić information content (AvgIpc) is 2.48. The Kier molecular flexibility index (Phi) is 5.35. The number of hydrogen-bond acceptors (Lipinski definition) is 2. The molecule has 1 fully saturated rings. The molecule has 0 amide bonds. The summed E-state index contributed by atoms with van der Waals surface area (Å²) in [6, 6.07) is 2.09. The van der Waals surface area contributed by atoms with Gasteiger partial charge in [0.15, 0.2) is 0 Å². The van der Waals surface area contributed by atoms with Gasteiger partial charge in [-0.3, -0.25) is 4.90 Å². The van der Waals surface area contributed by atoms with Gasteiger partial charge in [-0.05, 0) is 18.1 Å². The van der Waals surface area contributed by atoms with Gasteiger partial charge in [0.2, 0.25) is 0 Å². The molecule has 0 spiro atoms. The van der Waals surface area contributed by atoms with Gasteiger partial charge < -0.3 is 5.32 Å². The molecule has 0 saturated carbocycles. The molecule has 2 atom stereocenters. The lowest BCUT2D eigenvalue weighted by Gasteiger charge is -2.39. The highest BCUT2D eigenvalue weighted by Gasteiger charge is 2.31. The van der Waals surface area contributed by atoms with Crippen molar-refractivity contribution in [2.75, 3.05) is 26.2 Å². The second kappa shape index (κ2) is 6.83. The average molecular weight is 303 g/mol. The fourth-order valence-electron chi connectivity index (χ4n) is 2.82. The molecule has 20 heavy (non-hydrogen) atoms. The predicted octanol–water partition coefficient (Wildman–Crippen LogP) is 3.61. The van der Waals surface area contributed by atoms with E-state index in [2.05, 4.69) is 24.1 Å². The first-order chi connectivity index (χ1) is 9.56. The third-order valence-electron chi connectivity index (χ3n) is 4.10. The zero-order valence-corrected chi connectivity index (χ0v) is 12.7. The van der Waals surface area contributed by atoms with E-state index in [0.717, 1.165) is 38.7 Å². The number of nitrogens with zero attached hydrogens (tertiary/aromatic N) is 1. The number of piperazine rings is 1. The summed E-state index contributed by atoms with van der Waals surface area (Å²) in [4.78, 5) is 2.20. The van der Waals surface area contributed by atoms with E-state index in [-0.39, 0.29) is 17.0 Å². The molecule has 1 aromatic rings. The van der Waals surface area contributed by atoms with E-state index in [0.29, 0.717) is 5.56 Å². The lowest BCUT2D eigenvalue weighted by molar-refractivity contribution is 0.125. The van der Waals surface area contributed by atoms with E-state index in [1.807, 2.05) is 0 Å². The van der Waals surface area contributed by atoms with Crippen LogP contribution in [0.4, 0.5) is 8.78 Å². The number of benzene rings is 1. The van der Waals surface area contributed by atoms with Gasteiger partial charge in [-0.15, -0.1) is 0 Å². The Hall–Kier alpha value is -0.710. The Morgan fingerprint density at radius 1 is 1.25 bits per heavy atom. The standard InChI is InChI=1S/C15H21ClF2N2/c1-3-10(2)15(20-8-6-19-7-9-20)13-11(17)4-5-12(18)14(13)16/h4-5,10,15,19H,3,6-9H2,1-2H3/t10?,15-/m1/s1. The molecule has 1 aliphatic rings. The van der Waals surface area contributed by atoms with Crippen LogP contribution >= 0.6 is 11.6 Å². The minimum atomic E-state index is -0.550. The summed E-state index contributed by atoms with van der Waals surface area (Å²) in [5, 5.41) is 3.20. The van der Waals surface area contributed by atoms with Gasteiger partial charge in [0.25, 0.3) is 0 Å². The van der Waals surface area contributed by atoms with Crippen molar-refractivity contribution in [2.45, 2.75) is 26.3 Å². The van der Waals surface area contributed by atoms with Crippen molar-refractivity contribution in [1.82, 2.24) is 10.2 Å². The molecule has 1 saturated heterocycles. The van der Waals surface area contributed by atoms with Crippen LogP contribution in [-0.2, 0) is 0 Å². The van der Waals surface area contributed by atoms with Crippen LogP contribution in [0.15, 0.2) is 12.1 Å². The minimum Gasteiger partial charge on any atom is -0.314 e. The Morgan fingerprint density at radius 3 is 2.45 bits per heavy atom. The Bertz CT molecular complexity index is 461. The van der Waals surface area contributed by atoms with E-state index < -0.39 is 11.6 Å². The van der Waals surface area contributed by atoms with Crippen LogP contribution in [0.3, 0.4) is 0 Å². The van der Waals surface area contributed by atoms with Crippen LogP contribution in [0.5, 0.6) is 0 Å². The summed E-state index contributed by atoms with van der Waals surface area (Å²) < 4.78 is 28.0. The molecule has 2 nitrogen and oxygen atoms in total. The van der Waals surface area contributed by atoms with Crippen LogP contribution in [0.1, 0.15) is 31.9 Å². The molecule has 0 radical (unpaired) electrons. The highest BCUT2D eigenvalue weighted by atomic mass is 35.5. The van der Waals surface area contributed by atoms with E-state index in [4.69, 9.17) is 11.6 Å². The lowest BCUT2D eigenvalue weighted by atomic mass is 9.90. The summed E-state index contributed by atoms with van der Waals surface area (Å²) in [6.07, 6.45) is 0.890. The number of nitrogens with one attached hydrogen (secondary N) is 1. The van der Waals surface area contributed by atoms with Crippen molar-refractivity contribution in [3.8, 4) is 0 Å². The molecular formula is C15H21ClF2N2. The van der Waals surface area contributed by atoms with Gasteiger partial charge in [-0.25, -0.2) is 8.78 Å². The summed E-state index contributed by atoms with van der Waals surface area (Å²) >= 11 is 6.06. The molecule has 1 unspecified atom stereocenters. The monoisotopic (exact) mass is 302 g/mol. The molecule has 0 aliphatic carbocycles. The number of hydrogen-bond donors (Lipinski definition) is 1. The van der Waals surface area contributed by atoms with Crippen molar-refractivity contribution in [3.63, 3.8) is 0 Å². The molecule has 2 rings (SSSR count). The largest absolute Gasteiger partial charge is 0.314 e. The van der Waals surface area contributed by atoms with Gasteiger partial charge in [0.1, 0.15) is 11.6 Å². The number of rotatable bonds is 4. The molecule has 1 heterocycles. The van der Waals surface area contributed by atoms with Crippen molar-refractivity contribution >= 4 is 11.6 Å². The van der Waals surface area contributed by atoms with Gasteiger partial charge in [0, 0.05) is 37.8 Å². The summed E-state index contributed by atoms with van der Waals surface area (Å²) in [5.74, 6) is -0.756. The zero-order valence-electron chi connectivity index (χ0n) is 11.9. The van der Waals surface area contributed by atoms with Gasteiger partial charge in [0.05, 0.1) is 5.02 Å². The first-order valence-electron chi connectivity index (χ1n) is 7.14. The maximum Gasteiger partial charge on any atom is 0.142 e. The molecule has 5 heteroatoms. The van der Waals surface area contributed by atoms with Crippen LogP contribution < -0.4 is 5.32 Å². The third-order valence-corrected chi connectivity index (χ3v) is 4.49.